The van der Waals surface area contributed by atoms with Gasteiger partial charge in [-0.1, -0.05) is 50.5 Å². The molecule has 1 aliphatic carbocycles. The van der Waals surface area contributed by atoms with E-state index in [9.17, 15) is 5.11 Å². The van der Waals surface area contributed by atoms with Crippen molar-refractivity contribution in [1.29, 1.82) is 0 Å². The lowest BCUT2D eigenvalue weighted by molar-refractivity contribution is -0.0180. The van der Waals surface area contributed by atoms with E-state index in [0.717, 1.165) is 42.4 Å². The van der Waals surface area contributed by atoms with Gasteiger partial charge in [-0.05, 0) is 25.0 Å². The van der Waals surface area contributed by atoms with Gasteiger partial charge < -0.3 is 10.1 Å². The molecule has 1 heterocycles. The fourth-order valence-corrected chi connectivity index (χ4v) is 3.52. The van der Waals surface area contributed by atoms with Crippen LogP contribution >= 0.6 is 12.2 Å². The largest absolute Gasteiger partial charge is 0.389 e. The Hall–Kier alpha value is -1.26. The number of aromatic amines is 1. The van der Waals surface area contributed by atoms with E-state index in [0.29, 0.717) is 4.64 Å². The SMILES string of the molecule is CC(c1nc2ccccc2[nH]c1=S)C1(O)CCCCC1. The molecule has 0 spiro atoms. The summed E-state index contributed by atoms with van der Waals surface area (Å²) in [6.45, 7) is 2.05. The minimum Gasteiger partial charge on any atom is -0.389 e. The van der Waals surface area contributed by atoms with Crippen molar-refractivity contribution >= 4 is 23.3 Å². The quantitative estimate of drug-likeness (QED) is 0.818. The molecule has 2 aromatic rings. The standard InChI is InChI=1S/C16H20N2OS/c1-11(16(19)9-5-2-6-10-16)14-15(20)18-13-8-4-3-7-12(13)17-14/h3-4,7-8,11,19H,2,5-6,9-10H2,1H3,(H,18,20). The van der Waals surface area contributed by atoms with Gasteiger partial charge in [0.25, 0.3) is 0 Å². The van der Waals surface area contributed by atoms with Crippen LogP contribution in [0.25, 0.3) is 11.0 Å². The molecule has 1 aromatic heterocycles. The molecule has 1 fully saturated rings. The summed E-state index contributed by atoms with van der Waals surface area (Å²) >= 11 is 5.45. The Balaban J connectivity index is 2.04. The highest BCUT2D eigenvalue weighted by molar-refractivity contribution is 7.71. The number of H-pyrrole nitrogens is 1. The Labute approximate surface area is 124 Å². The van der Waals surface area contributed by atoms with Gasteiger partial charge >= 0.3 is 0 Å². The molecule has 3 nitrogen and oxygen atoms in total. The summed E-state index contributed by atoms with van der Waals surface area (Å²) < 4.78 is 0.648. The van der Waals surface area contributed by atoms with E-state index < -0.39 is 5.60 Å². The highest BCUT2D eigenvalue weighted by Gasteiger charge is 2.37. The van der Waals surface area contributed by atoms with Gasteiger partial charge in [0.15, 0.2) is 0 Å². The number of nitrogens with one attached hydrogen (secondary N) is 1. The van der Waals surface area contributed by atoms with E-state index >= 15 is 0 Å². The van der Waals surface area contributed by atoms with Crippen molar-refractivity contribution in [3.8, 4) is 0 Å². The maximum Gasteiger partial charge on any atom is 0.125 e. The summed E-state index contributed by atoms with van der Waals surface area (Å²) in [5, 5.41) is 10.9. The number of hydrogen-bond acceptors (Lipinski definition) is 3. The van der Waals surface area contributed by atoms with Crippen LogP contribution in [0.4, 0.5) is 0 Å². The van der Waals surface area contributed by atoms with E-state index in [1.165, 1.54) is 6.42 Å². The zero-order valence-electron chi connectivity index (χ0n) is 11.7. The Bertz CT molecular complexity index is 673. The summed E-state index contributed by atoms with van der Waals surface area (Å²) in [7, 11) is 0. The van der Waals surface area contributed by atoms with Crippen molar-refractivity contribution in [3.05, 3.63) is 34.6 Å². The molecule has 0 saturated heterocycles. The summed E-state index contributed by atoms with van der Waals surface area (Å²) in [4.78, 5) is 7.94. The normalized spacial score (nSPS) is 19.9. The summed E-state index contributed by atoms with van der Waals surface area (Å²) in [5.74, 6) is -0.0313. The van der Waals surface area contributed by atoms with E-state index in [4.69, 9.17) is 17.2 Å². The van der Waals surface area contributed by atoms with Crippen LogP contribution in [0.3, 0.4) is 0 Å². The Morgan fingerprint density at radius 2 is 1.95 bits per heavy atom. The number of rotatable bonds is 2. The third-order valence-electron chi connectivity index (χ3n) is 4.56. The van der Waals surface area contributed by atoms with Crippen molar-refractivity contribution < 1.29 is 5.11 Å². The van der Waals surface area contributed by atoms with E-state index in [2.05, 4.69) is 4.98 Å². The number of para-hydroxylation sites is 2. The Morgan fingerprint density at radius 1 is 1.25 bits per heavy atom. The summed E-state index contributed by atoms with van der Waals surface area (Å²) in [5.41, 5.74) is 2.02. The van der Waals surface area contributed by atoms with Crippen LogP contribution < -0.4 is 0 Å². The molecule has 0 aliphatic heterocycles. The Kier molecular flexibility index (Phi) is 3.61. The maximum atomic E-state index is 10.9. The monoisotopic (exact) mass is 288 g/mol. The zero-order valence-corrected chi connectivity index (χ0v) is 12.5. The number of hydrogen-bond donors (Lipinski definition) is 2. The minimum absolute atomic E-state index is 0.0313. The number of fused-ring (bicyclic) bond motifs is 1. The second-order valence-electron chi connectivity index (χ2n) is 5.85. The fourth-order valence-electron chi connectivity index (χ4n) is 3.19. The predicted molar refractivity (Wildman–Crippen MR) is 83.4 cm³/mol. The molecule has 1 aromatic carbocycles. The second-order valence-corrected chi connectivity index (χ2v) is 6.26. The van der Waals surface area contributed by atoms with Crippen molar-refractivity contribution in [2.24, 2.45) is 0 Å². The van der Waals surface area contributed by atoms with Crippen LogP contribution in [0.15, 0.2) is 24.3 Å². The fraction of sp³-hybridized carbons (Fsp3) is 0.500. The van der Waals surface area contributed by atoms with Crippen molar-refractivity contribution in [2.75, 3.05) is 0 Å². The molecule has 0 radical (unpaired) electrons. The average Bonchev–Trinajstić information content (AvgIpc) is 2.46. The lowest BCUT2D eigenvalue weighted by atomic mass is 9.75. The van der Waals surface area contributed by atoms with Gasteiger partial charge in [0.05, 0.1) is 22.3 Å². The van der Waals surface area contributed by atoms with Gasteiger partial charge in [-0.2, -0.15) is 0 Å². The van der Waals surface area contributed by atoms with Crippen LogP contribution in [0, 0.1) is 4.64 Å². The molecule has 0 amide bonds. The van der Waals surface area contributed by atoms with Gasteiger partial charge in [-0.25, -0.2) is 4.98 Å². The molecule has 3 rings (SSSR count). The van der Waals surface area contributed by atoms with Crippen LogP contribution in [-0.2, 0) is 0 Å². The molecule has 20 heavy (non-hydrogen) atoms. The second kappa shape index (κ2) is 5.26. The predicted octanol–water partition coefficient (Wildman–Crippen LogP) is 4.09. The third kappa shape index (κ3) is 2.38. The van der Waals surface area contributed by atoms with Gasteiger partial charge in [0.1, 0.15) is 4.64 Å². The van der Waals surface area contributed by atoms with Gasteiger partial charge in [-0.3, -0.25) is 0 Å². The molecule has 1 saturated carbocycles. The zero-order chi connectivity index (χ0) is 14.2. The molecular weight excluding hydrogens is 268 g/mol. The Morgan fingerprint density at radius 3 is 2.70 bits per heavy atom. The molecule has 2 N–H and O–H groups in total. The summed E-state index contributed by atoms with van der Waals surface area (Å²) in [6, 6.07) is 7.88. The lowest BCUT2D eigenvalue weighted by Gasteiger charge is -2.37. The number of aromatic nitrogens is 2. The van der Waals surface area contributed by atoms with Crippen molar-refractivity contribution in [2.45, 2.75) is 50.5 Å². The first-order chi connectivity index (χ1) is 9.60. The first-order valence-electron chi connectivity index (χ1n) is 7.31. The van der Waals surface area contributed by atoms with E-state index in [1.807, 2.05) is 31.2 Å². The number of benzene rings is 1. The van der Waals surface area contributed by atoms with E-state index in [1.54, 1.807) is 0 Å². The lowest BCUT2D eigenvalue weighted by Crippen LogP contribution is -2.37. The molecule has 1 unspecified atom stereocenters. The van der Waals surface area contributed by atoms with Crippen LogP contribution in [0.5, 0.6) is 0 Å². The molecular formula is C16H20N2OS. The first kappa shape index (κ1) is 13.7. The highest BCUT2D eigenvalue weighted by Crippen LogP contribution is 2.39. The van der Waals surface area contributed by atoms with Crippen LogP contribution in [-0.4, -0.2) is 20.7 Å². The van der Waals surface area contributed by atoms with Gasteiger partial charge in [0, 0.05) is 5.92 Å². The molecule has 1 atom stereocenters. The highest BCUT2D eigenvalue weighted by atomic mass is 32.1. The number of aliphatic hydroxyl groups is 1. The smallest absolute Gasteiger partial charge is 0.125 e. The third-order valence-corrected chi connectivity index (χ3v) is 4.87. The van der Waals surface area contributed by atoms with Crippen molar-refractivity contribution in [1.82, 2.24) is 9.97 Å². The molecule has 1 aliphatic rings. The average molecular weight is 288 g/mol. The maximum absolute atomic E-state index is 10.9. The topological polar surface area (TPSA) is 48.9 Å². The van der Waals surface area contributed by atoms with Crippen LogP contribution in [0.1, 0.15) is 50.6 Å². The molecule has 4 heteroatoms. The first-order valence-corrected chi connectivity index (χ1v) is 7.72. The number of nitrogens with zero attached hydrogens (tertiary/aromatic N) is 1. The van der Waals surface area contributed by atoms with Crippen molar-refractivity contribution in [3.63, 3.8) is 0 Å². The van der Waals surface area contributed by atoms with Gasteiger partial charge in [0.2, 0.25) is 0 Å². The summed E-state index contributed by atoms with van der Waals surface area (Å²) in [6.07, 6.45) is 5.08. The van der Waals surface area contributed by atoms with Crippen LogP contribution in [0.2, 0.25) is 0 Å². The molecule has 106 valence electrons. The molecule has 0 bridgehead atoms. The van der Waals surface area contributed by atoms with E-state index in [-0.39, 0.29) is 5.92 Å². The van der Waals surface area contributed by atoms with Gasteiger partial charge in [-0.15, -0.1) is 0 Å². The minimum atomic E-state index is -0.658.